The lowest BCUT2D eigenvalue weighted by Crippen LogP contribution is -2.43. The Hall–Kier alpha value is -2.66. The van der Waals surface area contributed by atoms with Crippen molar-refractivity contribution in [2.75, 3.05) is 26.7 Å². The van der Waals surface area contributed by atoms with E-state index in [1.54, 1.807) is 31.9 Å². The monoisotopic (exact) mass is 439 g/mol. The van der Waals surface area contributed by atoms with E-state index in [2.05, 4.69) is 5.16 Å². The zero-order chi connectivity index (χ0) is 21.9. The maximum Gasteiger partial charge on any atom is 0.374 e. The van der Waals surface area contributed by atoms with Gasteiger partial charge in [-0.05, 0) is 38.8 Å². The number of nitrogens with zero attached hydrogens (tertiary/aromatic N) is 3. The molecule has 0 saturated carbocycles. The number of hydrogen-bond donors (Lipinski definition) is 0. The van der Waals surface area contributed by atoms with Crippen molar-refractivity contribution in [3.63, 3.8) is 0 Å². The third-order valence-electron chi connectivity index (χ3n) is 4.91. The first kappa shape index (κ1) is 22.0. The summed E-state index contributed by atoms with van der Waals surface area (Å²) in [6, 6.07) is 4.29. The van der Waals surface area contributed by atoms with Crippen molar-refractivity contribution in [1.29, 1.82) is 0 Å². The average molecular weight is 439 g/mol. The molecule has 0 aliphatic carbocycles. The van der Waals surface area contributed by atoms with Crippen LogP contribution in [-0.4, -0.2) is 61.4 Å². The van der Waals surface area contributed by atoms with Crippen LogP contribution in [-0.2, 0) is 26.1 Å². The Morgan fingerprint density at radius 3 is 2.60 bits per heavy atom. The van der Waals surface area contributed by atoms with Gasteiger partial charge in [0.05, 0.1) is 13.2 Å². The number of rotatable bonds is 7. The second-order valence-corrected chi connectivity index (χ2v) is 9.01. The van der Waals surface area contributed by atoms with Crippen LogP contribution in [0.4, 0.5) is 0 Å². The minimum absolute atomic E-state index is 0.0599. The van der Waals surface area contributed by atoms with Crippen LogP contribution in [0.25, 0.3) is 0 Å². The van der Waals surface area contributed by atoms with Gasteiger partial charge in [0.15, 0.2) is 0 Å². The fourth-order valence-electron chi connectivity index (χ4n) is 3.37. The SMILES string of the molecule is CCOC(=O)c1ccc(S(=O)(=O)N2CCC(C(=O)N(C)Cc3cc(C)on3)CC2)o1. The van der Waals surface area contributed by atoms with Crippen molar-refractivity contribution < 1.29 is 31.7 Å². The molecule has 2 aromatic heterocycles. The van der Waals surface area contributed by atoms with Crippen LogP contribution in [0.2, 0.25) is 0 Å². The van der Waals surface area contributed by atoms with E-state index in [0.29, 0.717) is 30.8 Å². The topological polar surface area (TPSA) is 123 Å². The second-order valence-electron chi connectivity index (χ2n) is 7.14. The zero-order valence-electron chi connectivity index (χ0n) is 17.2. The van der Waals surface area contributed by atoms with E-state index >= 15 is 0 Å². The minimum atomic E-state index is -3.89. The van der Waals surface area contributed by atoms with Crippen molar-refractivity contribution in [2.24, 2.45) is 5.92 Å². The van der Waals surface area contributed by atoms with Crippen LogP contribution in [0.5, 0.6) is 0 Å². The Balaban J connectivity index is 1.59. The number of piperidine rings is 1. The third kappa shape index (κ3) is 4.73. The largest absolute Gasteiger partial charge is 0.460 e. The summed E-state index contributed by atoms with van der Waals surface area (Å²) in [5.74, 6) is -0.538. The molecule has 0 aromatic carbocycles. The molecule has 3 heterocycles. The molecular weight excluding hydrogens is 414 g/mol. The van der Waals surface area contributed by atoms with Crippen molar-refractivity contribution in [1.82, 2.24) is 14.4 Å². The van der Waals surface area contributed by atoms with Gasteiger partial charge in [0.25, 0.3) is 10.0 Å². The molecule has 0 atom stereocenters. The maximum absolute atomic E-state index is 12.8. The van der Waals surface area contributed by atoms with Gasteiger partial charge in [-0.3, -0.25) is 4.79 Å². The number of carbonyl (C=O) groups excluding carboxylic acids is 2. The number of carbonyl (C=O) groups is 2. The molecule has 1 fully saturated rings. The van der Waals surface area contributed by atoms with Crippen molar-refractivity contribution >= 4 is 21.9 Å². The van der Waals surface area contributed by atoms with Crippen LogP contribution in [0.3, 0.4) is 0 Å². The van der Waals surface area contributed by atoms with Crippen LogP contribution in [0, 0.1) is 12.8 Å². The van der Waals surface area contributed by atoms with Gasteiger partial charge in [-0.2, -0.15) is 4.31 Å². The molecule has 1 aliphatic heterocycles. The van der Waals surface area contributed by atoms with E-state index in [-0.39, 0.29) is 42.4 Å². The third-order valence-corrected chi connectivity index (χ3v) is 6.68. The molecule has 3 rings (SSSR count). The average Bonchev–Trinajstić information content (AvgIpc) is 3.37. The number of ether oxygens (including phenoxy) is 1. The second kappa shape index (κ2) is 9.00. The van der Waals surface area contributed by atoms with Gasteiger partial charge >= 0.3 is 5.97 Å². The number of furan rings is 1. The minimum Gasteiger partial charge on any atom is -0.460 e. The van der Waals surface area contributed by atoms with Crippen molar-refractivity contribution in [3.8, 4) is 0 Å². The number of esters is 1. The van der Waals surface area contributed by atoms with Gasteiger partial charge in [-0.15, -0.1) is 0 Å². The summed E-state index contributed by atoms with van der Waals surface area (Å²) in [7, 11) is -2.20. The molecular formula is C19H25N3O7S. The van der Waals surface area contributed by atoms with E-state index in [1.165, 1.54) is 16.4 Å². The summed E-state index contributed by atoms with van der Waals surface area (Å²) in [4.78, 5) is 26.0. The highest BCUT2D eigenvalue weighted by Gasteiger charge is 2.35. The normalized spacial score (nSPS) is 15.8. The molecule has 164 valence electrons. The molecule has 30 heavy (non-hydrogen) atoms. The van der Waals surface area contributed by atoms with E-state index in [1.807, 2.05) is 0 Å². The maximum atomic E-state index is 12.8. The van der Waals surface area contributed by atoms with Crippen molar-refractivity contribution in [3.05, 3.63) is 35.4 Å². The van der Waals surface area contributed by atoms with Crippen LogP contribution < -0.4 is 0 Å². The lowest BCUT2D eigenvalue weighted by atomic mass is 9.96. The van der Waals surface area contributed by atoms with Crippen LogP contribution in [0.1, 0.15) is 41.8 Å². The van der Waals surface area contributed by atoms with Crippen LogP contribution in [0.15, 0.2) is 32.2 Å². The van der Waals surface area contributed by atoms with Gasteiger partial charge in [0.1, 0.15) is 11.5 Å². The molecule has 1 aliphatic rings. The summed E-state index contributed by atoms with van der Waals surface area (Å²) in [5, 5.41) is 3.58. The highest BCUT2D eigenvalue weighted by molar-refractivity contribution is 7.89. The predicted molar refractivity (Wildman–Crippen MR) is 104 cm³/mol. The Morgan fingerprint density at radius 2 is 2.00 bits per heavy atom. The molecule has 1 saturated heterocycles. The summed E-state index contributed by atoms with van der Waals surface area (Å²) in [6.45, 7) is 4.29. The van der Waals surface area contributed by atoms with Gasteiger partial charge in [0.2, 0.25) is 16.8 Å². The number of sulfonamides is 1. The Bertz CT molecular complexity index is 1000. The summed E-state index contributed by atoms with van der Waals surface area (Å²) < 4.78 is 41.9. The first-order valence-electron chi connectivity index (χ1n) is 9.66. The summed E-state index contributed by atoms with van der Waals surface area (Å²) in [6.07, 6.45) is 0.789. The first-order chi connectivity index (χ1) is 14.2. The number of hydrogen-bond acceptors (Lipinski definition) is 8. The Labute approximate surface area is 174 Å². The van der Waals surface area contributed by atoms with Gasteiger partial charge in [0, 0.05) is 32.1 Å². The van der Waals surface area contributed by atoms with Gasteiger partial charge in [-0.25, -0.2) is 13.2 Å². The van der Waals surface area contributed by atoms with Gasteiger partial charge < -0.3 is 18.6 Å². The van der Waals surface area contributed by atoms with E-state index in [0.717, 1.165) is 0 Å². The predicted octanol–water partition coefficient (Wildman–Crippen LogP) is 1.81. The molecule has 2 aromatic rings. The highest BCUT2D eigenvalue weighted by atomic mass is 32.2. The van der Waals surface area contributed by atoms with E-state index < -0.39 is 16.0 Å². The Kier molecular flexibility index (Phi) is 6.61. The molecule has 0 spiro atoms. The highest BCUT2D eigenvalue weighted by Crippen LogP contribution is 2.26. The molecule has 0 N–H and O–H groups in total. The summed E-state index contributed by atoms with van der Waals surface area (Å²) >= 11 is 0. The zero-order valence-corrected chi connectivity index (χ0v) is 18.0. The molecule has 0 unspecified atom stereocenters. The fourth-order valence-corrected chi connectivity index (χ4v) is 4.75. The molecule has 0 bridgehead atoms. The fraction of sp³-hybridized carbons (Fsp3) is 0.526. The molecule has 0 radical (unpaired) electrons. The van der Waals surface area contributed by atoms with Crippen LogP contribution >= 0.6 is 0 Å². The number of amides is 1. The van der Waals surface area contributed by atoms with Crippen molar-refractivity contribution in [2.45, 2.75) is 38.3 Å². The van der Waals surface area contributed by atoms with Gasteiger partial charge in [-0.1, -0.05) is 5.16 Å². The number of aryl methyl sites for hydroxylation is 1. The quantitative estimate of drug-likeness (QED) is 0.599. The first-order valence-corrected chi connectivity index (χ1v) is 11.1. The van der Waals surface area contributed by atoms with E-state index in [9.17, 15) is 18.0 Å². The van der Waals surface area contributed by atoms with E-state index in [4.69, 9.17) is 13.7 Å². The smallest absolute Gasteiger partial charge is 0.374 e. The molecule has 10 nitrogen and oxygen atoms in total. The molecule has 11 heteroatoms. The Morgan fingerprint density at radius 1 is 1.30 bits per heavy atom. The molecule has 1 amide bonds. The standard InChI is InChI=1S/C19H25N3O7S/c1-4-27-19(24)16-5-6-17(28-16)30(25,26)22-9-7-14(8-10-22)18(23)21(3)12-15-11-13(2)29-20-15/h5-6,11,14H,4,7-10,12H2,1-3H3. The number of aromatic nitrogens is 1. The summed E-state index contributed by atoms with van der Waals surface area (Å²) in [5.41, 5.74) is 0.665. The lowest BCUT2D eigenvalue weighted by molar-refractivity contribution is -0.136. The lowest BCUT2D eigenvalue weighted by Gasteiger charge is -2.31.